The molecular formula is C27H35O6PSi. The summed E-state index contributed by atoms with van der Waals surface area (Å²) in [6, 6.07) is 30.2. The molecule has 0 saturated carbocycles. The van der Waals surface area contributed by atoms with Gasteiger partial charge in [-0.05, 0) is 21.0 Å². The van der Waals surface area contributed by atoms with E-state index in [0.29, 0.717) is 6.61 Å². The summed E-state index contributed by atoms with van der Waals surface area (Å²) in [7, 11) is -7.16. The number of hydrogen-bond acceptors (Lipinski definition) is 4. The lowest BCUT2D eigenvalue weighted by Crippen LogP contribution is -2.67. The third kappa shape index (κ3) is 7.69. The molecule has 0 bridgehead atoms. The first-order chi connectivity index (χ1) is 16.6. The standard InChI is InChI=1S/C27H35O6PSi/c1-27(2,3)35(25-15-9-5-10-16-25,26-17-11-6-12-18-26)33-21-24(32-22-34(28,29)30)20-31-19-23-13-7-4-8-14-23/h4-18,24H,19-22H2,1-3H3,(H2,28,29,30). The molecule has 0 aliphatic carbocycles. The minimum atomic E-state index is -4.34. The third-order valence-electron chi connectivity index (χ3n) is 5.80. The van der Waals surface area contributed by atoms with Crippen LogP contribution >= 0.6 is 7.60 Å². The first kappa shape index (κ1) is 27.5. The van der Waals surface area contributed by atoms with Crippen molar-refractivity contribution < 1.29 is 28.3 Å². The number of benzene rings is 3. The Balaban J connectivity index is 1.87. The molecule has 1 unspecified atom stereocenters. The summed E-state index contributed by atoms with van der Waals surface area (Å²) in [5.74, 6) is 0. The fourth-order valence-corrected chi connectivity index (χ4v) is 9.21. The zero-order chi connectivity index (χ0) is 25.4. The molecule has 2 N–H and O–H groups in total. The maximum Gasteiger partial charge on any atom is 0.350 e. The normalized spacial score (nSPS) is 13.5. The summed E-state index contributed by atoms with van der Waals surface area (Å²) < 4.78 is 29.9. The van der Waals surface area contributed by atoms with Crippen molar-refractivity contribution in [3.63, 3.8) is 0 Å². The van der Waals surface area contributed by atoms with Crippen molar-refractivity contribution in [3.8, 4) is 0 Å². The van der Waals surface area contributed by atoms with Crippen LogP contribution in [0.3, 0.4) is 0 Å². The van der Waals surface area contributed by atoms with Gasteiger partial charge >= 0.3 is 7.60 Å². The van der Waals surface area contributed by atoms with Gasteiger partial charge < -0.3 is 23.7 Å². The molecule has 0 saturated heterocycles. The summed E-state index contributed by atoms with van der Waals surface area (Å²) in [5.41, 5.74) is 1.01. The topological polar surface area (TPSA) is 85.2 Å². The van der Waals surface area contributed by atoms with Crippen molar-refractivity contribution in [2.45, 2.75) is 38.5 Å². The van der Waals surface area contributed by atoms with E-state index in [4.69, 9.17) is 13.9 Å². The summed E-state index contributed by atoms with van der Waals surface area (Å²) in [5, 5.41) is 2.02. The number of hydrogen-bond donors (Lipinski definition) is 2. The lowest BCUT2D eigenvalue weighted by atomic mass is 10.2. The van der Waals surface area contributed by atoms with Crippen molar-refractivity contribution in [1.29, 1.82) is 0 Å². The second-order valence-corrected chi connectivity index (χ2v) is 15.5. The minimum Gasteiger partial charge on any atom is -0.405 e. The van der Waals surface area contributed by atoms with E-state index in [9.17, 15) is 14.4 Å². The average Bonchev–Trinajstić information content (AvgIpc) is 2.83. The third-order valence-corrected chi connectivity index (χ3v) is 11.3. The molecule has 0 aromatic heterocycles. The van der Waals surface area contributed by atoms with Gasteiger partial charge in [-0.3, -0.25) is 4.57 Å². The smallest absolute Gasteiger partial charge is 0.350 e. The Kier molecular flexibility index (Phi) is 9.61. The van der Waals surface area contributed by atoms with Crippen LogP contribution in [0.5, 0.6) is 0 Å². The number of ether oxygens (including phenoxy) is 2. The fraction of sp³-hybridized carbons (Fsp3) is 0.333. The highest BCUT2D eigenvalue weighted by molar-refractivity contribution is 7.51. The van der Waals surface area contributed by atoms with Crippen LogP contribution in [-0.2, 0) is 25.1 Å². The van der Waals surface area contributed by atoms with Gasteiger partial charge in [0.25, 0.3) is 8.32 Å². The predicted octanol–water partition coefficient (Wildman–Crippen LogP) is 4.30. The molecule has 0 heterocycles. The van der Waals surface area contributed by atoms with Gasteiger partial charge in [0, 0.05) is 0 Å². The first-order valence-electron chi connectivity index (χ1n) is 11.6. The fourth-order valence-electron chi connectivity index (χ4n) is 4.21. The maximum absolute atomic E-state index is 11.5. The maximum atomic E-state index is 11.5. The van der Waals surface area contributed by atoms with Gasteiger partial charge in [-0.15, -0.1) is 0 Å². The van der Waals surface area contributed by atoms with Crippen LogP contribution < -0.4 is 10.4 Å². The molecule has 0 aliphatic rings. The highest BCUT2D eigenvalue weighted by Crippen LogP contribution is 2.37. The van der Waals surface area contributed by atoms with E-state index in [2.05, 4.69) is 45.0 Å². The molecule has 6 nitrogen and oxygen atoms in total. The molecule has 3 aromatic rings. The van der Waals surface area contributed by atoms with Crippen LogP contribution in [0.25, 0.3) is 0 Å². The van der Waals surface area contributed by atoms with Crippen LogP contribution in [-0.4, -0.2) is 43.8 Å². The van der Waals surface area contributed by atoms with Crippen LogP contribution in [0.4, 0.5) is 0 Å². The van der Waals surface area contributed by atoms with E-state index < -0.39 is 28.4 Å². The number of rotatable bonds is 12. The monoisotopic (exact) mass is 514 g/mol. The molecule has 35 heavy (non-hydrogen) atoms. The van der Waals surface area contributed by atoms with Gasteiger partial charge in [0.15, 0.2) is 0 Å². The van der Waals surface area contributed by atoms with E-state index in [1.807, 2.05) is 66.7 Å². The van der Waals surface area contributed by atoms with Gasteiger partial charge in [0.05, 0.1) is 19.8 Å². The minimum absolute atomic E-state index is 0.141. The molecule has 0 fully saturated rings. The molecule has 3 rings (SSSR count). The van der Waals surface area contributed by atoms with Gasteiger partial charge in [0.1, 0.15) is 12.5 Å². The lowest BCUT2D eigenvalue weighted by Gasteiger charge is -2.43. The van der Waals surface area contributed by atoms with Crippen molar-refractivity contribution in [2.75, 3.05) is 19.6 Å². The Morgan fingerprint density at radius 3 is 1.74 bits per heavy atom. The summed E-state index contributed by atoms with van der Waals surface area (Å²) in [6.45, 7) is 7.19. The Hall–Kier alpha value is -2.09. The van der Waals surface area contributed by atoms with Gasteiger partial charge in [0.2, 0.25) is 0 Å². The van der Waals surface area contributed by atoms with E-state index in [-0.39, 0.29) is 18.3 Å². The van der Waals surface area contributed by atoms with Crippen molar-refractivity contribution in [3.05, 3.63) is 96.6 Å². The van der Waals surface area contributed by atoms with Crippen molar-refractivity contribution in [1.82, 2.24) is 0 Å². The summed E-state index contributed by atoms with van der Waals surface area (Å²) in [4.78, 5) is 18.8. The summed E-state index contributed by atoms with van der Waals surface area (Å²) in [6.07, 6.45) is -1.33. The Morgan fingerprint density at radius 2 is 1.29 bits per heavy atom. The molecule has 1 atom stereocenters. The predicted molar refractivity (Wildman–Crippen MR) is 141 cm³/mol. The van der Waals surface area contributed by atoms with Crippen molar-refractivity contribution in [2.24, 2.45) is 0 Å². The zero-order valence-electron chi connectivity index (χ0n) is 20.5. The van der Waals surface area contributed by atoms with Crippen LogP contribution in [0, 0.1) is 0 Å². The Bertz CT molecular complexity index is 1030. The molecular weight excluding hydrogens is 479 g/mol. The largest absolute Gasteiger partial charge is 0.405 e. The second kappa shape index (κ2) is 12.2. The second-order valence-electron chi connectivity index (χ2n) is 9.56. The van der Waals surface area contributed by atoms with E-state index in [0.717, 1.165) is 15.9 Å². The summed E-state index contributed by atoms with van der Waals surface area (Å²) >= 11 is 0. The Labute approximate surface area is 209 Å². The SMILES string of the molecule is CC(C)(C)[Si](OCC(COCc1ccccc1)OCP(=O)(O)O)(c1ccccc1)c1ccccc1. The van der Waals surface area contributed by atoms with E-state index >= 15 is 0 Å². The average molecular weight is 515 g/mol. The molecule has 188 valence electrons. The highest BCUT2D eigenvalue weighted by atomic mass is 31.2. The molecule has 0 aliphatic heterocycles. The van der Waals surface area contributed by atoms with E-state index in [1.165, 1.54) is 0 Å². The van der Waals surface area contributed by atoms with Crippen LogP contribution in [0.2, 0.25) is 5.04 Å². The zero-order valence-corrected chi connectivity index (χ0v) is 22.4. The van der Waals surface area contributed by atoms with Crippen LogP contribution in [0.15, 0.2) is 91.0 Å². The van der Waals surface area contributed by atoms with Gasteiger partial charge in [-0.1, -0.05) is 112 Å². The Morgan fingerprint density at radius 1 is 0.800 bits per heavy atom. The molecule has 3 aromatic carbocycles. The molecule has 0 spiro atoms. The van der Waals surface area contributed by atoms with Crippen molar-refractivity contribution >= 4 is 26.3 Å². The van der Waals surface area contributed by atoms with Gasteiger partial charge in [-0.25, -0.2) is 0 Å². The first-order valence-corrected chi connectivity index (χ1v) is 15.4. The molecule has 0 amide bonds. The lowest BCUT2D eigenvalue weighted by molar-refractivity contribution is -0.0319. The van der Waals surface area contributed by atoms with Gasteiger partial charge in [-0.2, -0.15) is 0 Å². The molecule has 8 heteroatoms. The quantitative estimate of drug-likeness (QED) is 0.277. The van der Waals surface area contributed by atoms with E-state index in [1.54, 1.807) is 0 Å². The van der Waals surface area contributed by atoms with Crippen LogP contribution in [0.1, 0.15) is 26.3 Å². The molecule has 0 radical (unpaired) electrons. The highest BCUT2D eigenvalue weighted by Gasteiger charge is 2.50.